The fourth-order valence-electron chi connectivity index (χ4n) is 2.34. The fourth-order valence-corrected chi connectivity index (χ4v) is 2.71. The molecule has 3 aromatic rings. The molecular weight excluding hydrogens is 361 g/mol. The van der Waals surface area contributed by atoms with E-state index in [-0.39, 0.29) is 5.82 Å². The molecule has 23 heavy (non-hydrogen) atoms. The second-order valence-corrected chi connectivity index (χ2v) is 5.86. The highest BCUT2D eigenvalue weighted by Crippen LogP contribution is 2.27. The van der Waals surface area contributed by atoms with Crippen LogP contribution in [0.3, 0.4) is 0 Å². The largest absolute Gasteiger partial charge is 0.462 e. The maximum absolute atomic E-state index is 13.1. The van der Waals surface area contributed by atoms with E-state index in [2.05, 4.69) is 20.9 Å². The first-order valence-corrected chi connectivity index (χ1v) is 7.91. The first kappa shape index (κ1) is 15.6. The fraction of sp³-hybridized carbons (Fsp3) is 0.111. The lowest BCUT2D eigenvalue weighted by molar-refractivity contribution is 0.0528. The Morgan fingerprint density at radius 2 is 1.91 bits per heavy atom. The summed E-state index contributed by atoms with van der Waals surface area (Å²) in [7, 11) is 0. The maximum Gasteiger partial charge on any atom is 0.338 e. The van der Waals surface area contributed by atoms with Crippen molar-refractivity contribution in [3.63, 3.8) is 0 Å². The van der Waals surface area contributed by atoms with Crippen molar-refractivity contribution in [3.8, 4) is 11.3 Å². The monoisotopic (exact) mass is 373 g/mol. The van der Waals surface area contributed by atoms with Crippen LogP contribution < -0.4 is 0 Å². The molecule has 2 aromatic carbocycles. The third kappa shape index (κ3) is 3.24. The molecule has 0 atom stereocenters. The quantitative estimate of drug-likeness (QED) is 0.607. The van der Waals surface area contributed by atoms with Crippen LogP contribution in [0.2, 0.25) is 0 Å². The van der Waals surface area contributed by atoms with E-state index in [1.165, 1.54) is 12.1 Å². The van der Waals surface area contributed by atoms with Gasteiger partial charge < -0.3 is 4.74 Å². The first-order valence-electron chi connectivity index (χ1n) is 7.12. The molecule has 5 heteroatoms. The van der Waals surface area contributed by atoms with E-state index in [0.29, 0.717) is 28.8 Å². The number of rotatable bonds is 3. The Kier molecular flexibility index (Phi) is 4.39. The number of nitrogens with zero attached hydrogens (tertiary/aromatic N) is 1. The predicted octanol–water partition coefficient (Wildman–Crippen LogP) is 4.98. The van der Waals surface area contributed by atoms with Gasteiger partial charge >= 0.3 is 5.97 Å². The molecule has 0 saturated heterocycles. The van der Waals surface area contributed by atoms with Gasteiger partial charge in [0.05, 0.1) is 23.4 Å². The van der Waals surface area contributed by atoms with Crippen molar-refractivity contribution in [2.24, 2.45) is 0 Å². The molecule has 0 unspecified atom stereocenters. The normalized spacial score (nSPS) is 10.7. The number of benzene rings is 2. The van der Waals surface area contributed by atoms with E-state index >= 15 is 0 Å². The van der Waals surface area contributed by atoms with E-state index in [0.717, 1.165) is 10.0 Å². The number of ether oxygens (including phenoxy) is 1. The van der Waals surface area contributed by atoms with Crippen molar-refractivity contribution in [2.75, 3.05) is 6.61 Å². The molecule has 0 N–H and O–H groups in total. The zero-order chi connectivity index (χ0) is 16.4. The number of hydrogen-bond donors (Lipinski definition) is 0. The number of aromatic nitrogens is 1. The number of fused-ring (bicyclic) bond motifs is 1. The van der Waals surface area contributed by atoms with Gasteiger partial charge in [-0.1, -0.05) is 15.9 Å². The summed E-state index contributed by atoms with van der Waals surface area (Å²) in [4.78, 5) is 16.9. The zero-order valence-electron chi connectivity index (χ0n) is 12.3. The number of esters is 1. The van der Waals surface area contributed by atoms with E-state index in [1.807, 2.05) is 18.2 Å². The minimum Gasteiger partial charge on any atom is -0.462 e. The summed E-state index contributed by atoms with van der Waals surface area (Å²) in [5.74, 6) is -0.717. The van der Waals surface area contributed by atoms with Crippen LogP contribution >= 0.6 is 15.9 Å². The molecular formula is C18H13BrFNO2. The smallest absolute Gasteiger partial charge is 0.338 e. The second kappa shape index (κ2) is 6.46. The Morgan fingerprint density at radius 1 is 1.17 bits per heavy atom. The molecule has 0 radical (unpaired) electrons. The maximum atomic E-state index is 13.1. The summed E-state index contributed by atoms with van der Waals surface area (Å²) >= 11 is 3.40. The van der Waals surface area contributed by atoms with Crippen molar-refractivity contribution in [3.05, 3.63) is 64.4 Å². The molecule has 0 amide bonds. The standard InChI is InChI=1S/C18H13BrFNO2/c1-2-23-18(22)15-10-17(11-3-6-13(20)7-4-11)21-16-8-5-12(19)9-14(15)16/h3-10H,2H2,1H3. The van der Waals surface area contributed by atoms with Gasteiger partial charge in [0.15, 0.2) is 0 Å². The summed E-state index contributed by atoms with van der Waals surface area (Å²) in [6.45, 7) is 2.06. The van der Waals surface area contributed by atoms with E-state index in [9.17, 15) is 9.18 Å². The molecule has 0 aliphatic rings. The van der Waals surface area contributed by atoms with Crippen LogP contribution in [-0.4, -0.2) is 17.6 Å². The van der Waals surface area contributed by atoms with Crippen molar-refractivity contribution in [1.29, 1.82) is 0 Å². The van der Waals surface area contributed by atoms with Crippen molar-refractivity contribution in [1.82, 2.24) is 4.98 Å². The minimum atomic E-state index is -0.402. The second-order valence-electron chi connectivity index (χ2n) is 4.94. The van der Waals surface area contributed by atoms with Crippen LogP contribution in [0, 0.1) is 5.82 Å². The lowest BCUT2D eigenvalue weighted by Gasteiger charge is -2.10. The van der Waals surface area contributed by atoms with Gasteiger partial charge in [0.2, 0.25) is 0 Å². The van der Waals surface area contributed by atoms with Gasteiger partial charge in [-0.3, -0.25) is 0 Å². The van der Waals surface area contributed by atoms with Gasteiger partial charge in [-0.25, -0.2) is 14.2 Å². The summed E-state index contributed by atoms with van der Waals surface area (Å²) in [5, 5.41) is 0.712. The van der Waals surface area contributed by atoms with Crippen LogP contribution in [-0.2, 0) is 4.74 Å². The summed E-state index contributed by atoms with van der Waals surface area (Å²) in [6.07, 6.45) is 0. The van der Waals surface area contributed by atoms with Crippen LogP contribution in [0.4, 0.5) is 4.39 Å². The molecule has 0 saturated carbocycles. The Balaban J connectivity index is 2.22. The highest BCUT2D eigenvalue weighted by Gasteiger charge is 2.15. The average Bonchev–Trinajstić information content (AvgIpc) is 2.55. The van der Waals surface area contributed by atoms with Gasteiger partial charge in [0.25, 0.3) is 0 Å². The Hall–Kier alpha value is -2.27. The SMILES string of the molecule is CCOC(=O)c1cc(-c2ccc(F)cc2)nc2ccc(Br)cc12. The molecule has 1 heterocycles. The van der Waals surface area contributed by atoms with Crippen molar-refractivity contribution < 1.29 is 13.9 Å². The third-order valence-electron chi connectivity index (χ3n) is 3.41. The third-order valence-corrected chi connectivity index (χ3v) is 3.90. The number of pyridine rings is 1. The van der Waals surface area contributed by atoms with Crippen LogP contribution in [0.15, 0.2) is 53.0 Å². The molecule has 0 spiro atoms. The van der Waals surface area contributed by atoms with E-state index in [4.69, 9.17) is 4.74 Å². The highest BCUT2D eigenvalue weighted by atomic mass is 79.9. The molecule has 0 fully saturated rings. The molecule has 0 bridgehead atoms. The number of carbonyl (C=O) groups is 1. The van der Waals surface area contributed by atoms with Crippen LogP contribution in [0.5, 0.6) is 0 Å². The lowest BCUT2D eigenvalue weighted by atomic mass is 10.0. The highest BCUT2D eigenvalue weighted by molar-refractivity contribution is 9.10. The van der Waals surface area contributed by atoms with Gasteiger partial charge in [0.1, 0.15) is 5.82 Å². The predicted molar refractivity (Wildman–Crippen MR) is 90.8 cm³/mol. The van der Waals surface area contributed by atoms with E-state index < -0.39 is 5.97 Å². The van der Waals surface area contributed by atoms with Crippen molar-refractivity contribution >= 4 is 32.8 Å². The minimum absolute atomic E-state index is 0.294. The first-order chi connectivity index (χ1) is 11.1. The summed E-state index contributed by atoms with van der Waals surface area (Å²) in [5.41, 5.74) is 2.46. The van der Waals surface area contributed by atoms with Gasteiger partial charge in [-0.05, 0) is 55.5 Å². The number of carbonyl (C=O) groups excluding carboxylic acids is 1. The van der Waals surface area contributed by atoms with E-state index in [1.54, 1.807) is 25.1 Å². The summed E-state index contributed by atoms with van der Waals surface area (Å²) in [6, 6.07) is 13.2. The zero-order valence-corrected chi connectivity index (χ0v) is 13.9. The topological polar surface area (TPSA) is 39.2 Å². The molecule has 0 aliphatic carbocycles. The lowest BCUT2D eigenvalue weighted by Crippen LogP contribution is -2.06. The number of halogens is 2. The van der Waals surface area contributed by atoms with Gasteiger partial charge in [-0.2, -0.15) is 0 Å². The molecule has 3 nitrogen and oxygen atoms in total. The summed E-state index contributed by atoms with van der Waals surface area (Å²) < 4.78 is 19.1. The Labute approximate surface area is 141 Å². The Morgan fingerprint density at radius 3 is 2.61 bits per heavy atom. The molecule has 0 aliphatic heterocycles. The Bertz CT molecular complexity index is 878. The van der Waals surface area contributed by atoms with Crippen LogP contribution in [0.25, 0.3) is 22.2 Å². The van der Waals surface area contributed by atoms with Gasteiger partial charge in [0, 0.05) is 15.4 Å². The van der Waals surface area contributed by atoms with Crippen molar-refractivity contribution in [2.45, 2.75) is 6.92 Å². The van der Waals surface area contributed by atoms with Crippen LogP contribution in [0.1, 0.15) is 17.3 Å². The molecule has 1 aromatic heterocycles. The number of hydrogen-bond acceptors (Lipinski definition) is 3. The average molecular weight is 374 g/mol. The van der Waals surface area contributed by atoms with Gasteiger partial charge in [-0.15, -0.1) is 0 Å². The molecule has 3 rings (SSSR count). The molecule has 116 valence electrons.